The molecular weight excluding hydrogens is 238 g/mol. The van der Waals surface area contributed by atoms with E-state index < -0.39 is 0 Å². The van der Waals surface area contributed by atoms with Crippen molar-refractivity contribution in [3.8, 4) is 0 Å². The molecule has 0 saturated carbocycles. The van der Waals surface area contributed by atoms with Gasteiger partial charge in [-0.25, -0.2) is 0 Å². The van der Waals surface area contributed by atoms with Crippen molar-refractivity contribution in [3.63, 3.8) is 0 Å². The van der Waals surface area contributed by atoms with Crippen LogP contribution in [0.2, 0.25) is 0 Å². The zero-order valence-electron chi connectivity index (χ0n) is 10.4. The molecule has 1 N–H and O–H groups in total. The van der Waals surface area contributed by atoms with E-state index in [1.165, 1.54) is 0 Å². The van der Waals surface area contributed by atoms with Gasteiger partial charge in [0.05, 0.1) is 17.5 Å². The SMILES string of the molecule is CSCC(=O)N1CCC2(CC1)OCCC[C@@H]2O. The fourth-order valence-corrected chi connectivity index (χ4v) is 3.17. The lowest BCUT2D eigenvalue weighted by Gasteiger charge is -2.46. The first kappa shape index (κ1) is 13.2. The number of piperidine rings is 1. The molecule has 2 heterocycles. The Morgan fingerprint density at radius 3 is 2.82 bits per heavy atom. The van der Waals surface area contributed by atoms with Gasteiger partial charge in [0.25, 0.3) is 0 Å². The highest BCUT2D eigenvalue weighted by Gasteiger charge is 2.44. The Kier molecular flexibility index (Phi) is 4.33. The van der Waals surface area contributed by atoms with Crippen LogP contribution in [0.5, 0.6) is 0 Å². The lowest BCUT2D eigenvalue weighted by molar-refractivity contribution is -0.179. The number of carbonyl (C=O) groups is 1. The zero-order chi connectivity index (χ0) is 12.3. The van der Waals surface area contributed by atoms with Crippen molar-refractivity contribution in [3.05, 3.63) is 0 Å². The van der Waals surface area contributed by atoms with E-state index in [-0.39, 0.29) is 17.6 Å². The molecular formula is C12H21NO3S. The number of aliphatic hydroxyl groups excluding tert-OH is 1. The van der Waals surface area contributed by atoms with Gasteiger partial charge in [-0.15, -0.1) is 0 Å². The smallest absolute Gasteiger partial charge is 0.232 e. The van der Waals surface area contributed by atoms with Crippen LogP contribution in [0.3, 0.4) is 0 Å². The summed E-state index contributed by atoms with van der Waals surface area (Å²) in [5, 5.41) is 10.1. The zero-order valence-corrected chi connectivity index (χ0v) is 11.2. The predicted molar refractivity (Wildman–Crippen MR) is 68.1 cm³/mol. The molecule has 0 radical (unpaired) electrons. The molecule has 0 aromatic heterocycles. The standard InChI is InChI=1S/C12H21NO3S/c1-17-9-11(15)13-6-4-12(5-7-13)10(14)3-2-8-16-12/h10,14H,2-9H2,1H3/t10-/m0/s1. The summed E-state index contributed by atoms with van der Waals surface area (Å²) in [4.78, 5) is 13.6. The maximum Gasteiger partial charge on any atom is 0.232 e. The first-order chi connectivity index (χ1) is 8.18. The Labute approximate surface area is 107 Å². The minimum absolute atomic E-state index is 0.206. The molecule has 2 rings (SSSR count). The molecule has 2 aliphatic rings. The largest absolute Gasteiger partial charge is 0.390 e. The van der Waals surface area contributed by atoms with Crippen LogP contribution in [0.25, 0.3) is 0 Å². The van der Waals surface area contributed by atoms with Gasteiger partial charge in [0.2, 0.25) is 5.91 Å². The average molecular weight is 259 g/mol. The first-order valence-corrected chi connectivity index (χ1v) is 7.66. The van der Waals surface area contributed by atoms with Crippen molar-refractivity contribution in [2.24, 2.45) is 0 Å². The van der Waals surface area contributed by atoms with Gasteiger partial charge < -0.3 is 14.7 Å². The van der Waals surface area contributed by atoms with E-state index >= 15 is 0 Å². The highest BCUT2D eigenvalue weighted by Crippen LogP contribution is 2.35. The molecule has 2 saturated heterocycles. The number of amides is 1. The maximum atomic E-state index is 11.8. The highest BCUT2D eigenvalue weighted by molar-refractivity contribution is 7.99. The lowest BCUT2D eigenvalue weighted by atomic mass is 9.82. The third kappa shape index (κ3) is 2.77. The quantitative estimate of drug-likeness (QED) is 0.800. The molecule has 1 spiro atoms. The van der Waals surface area contributed by atoms with Crippen molar-refractivity contribution in [2.75, 3.05) is 31.7 Å². The average Bonchev–Trinajstić information content (AvgIpc) is 2.34. The van der Waals surface area contributed by atoms with Crippen LogP contribution in [0.1, 0.15) is 25.7 Å². The van der Waals surface area contributed by atoms with E-state index in [0.717, 1.165) is 45.4 Å². The van der Waals surface area contributed by atoms with Crippen molar-refractivity contribution in [2.45, 2.75) is 37.4 Å². The Balaban J connectivity index is 1.90. The first-order valence-electron chi connectivity index (χ1n) is 6.27. The summed E-state index contributed by atoms with van der Waals surface area (Å²) in [6.45, 7) is 2.18. The van der Waals surface area contributed by atoms with Gasteiger partial charge in [0.15, 0.2) is 0 Å². The topological polar surface area (TPSA) is 49.8 Å². The van der Waals surface area contributed by atoms with Gasteiger partial charge in [0, 0.05) is 19.7 Å². The van der Waals surface area contributed by atoms with Crippen LogP contribution in [-0.4, -0.2) is 59.3 Å². The number of likely N-dealkylation sites (tertiary alicyclic amines) is 1. The number of thioether (sulfide) groups is 1. The van der Waals surface area contributed by atoms with Crippen LogP contribution >= 0.6 is 11.8 Å². The number of carbonyl (C=O) groups excluding carboxylic acids is 1. The maximum absolute atomic E-state index is 11.8. The second-order valence-corrected chi connectivity index (χ2v) is 5.75. The molecule has 0 bridgehead atoms. The molecule has 4 nitrogen and oxygen atoms in total. The summed E-state index contributed by atoms with van der Waals surface area (Å²) in [5.41, 5.74) is -0.367. The van der Waals surface area contributed by atoms with Gasteiger partial charge in [0.1, 0.15) is 0 Å². The van der Waals surface area contributed by atoms with E-state index in [9.17, 15) is 9.90 Å². The number of aliphatic hydroxyl groups is 1. The Morgan fingerprint density at radius 2 is 2.24 bits per heavy atom. The van der Waals surface area contributed by atoms with Crippen molar-refractivity contribution in [1.82, 2.24) is 4.90 Å². The van der Waals surface area contributed by atoms with Crippen LogP contribution in [0.15, 0.2) is 0 Å². The molecule has 2 fully saturated rings. The van der Waals surface area contributed by atoms with Gasteiger partial charge in [-0.2, -0.15) is 11.8 Å². The molecule has 1 atom stereocenters. The predicted octanol–water partition coefficient (Wildman–Crippen LogP) is 0.882. The third-order valence-electron chi connectivity index (χ3n) is 3.85. The fraction of sp³-hybridized carbons (Fsp3) is 0.917. The van der Waals surface area contributed by atoms with Crippen molar-refractivity contribution >= 4 is 17.7 Å². The molecule has 0 aromatic carbocycles. The van der Waals surface area contributed by atoms with E-state index in [1.807, 2.05) is 11.2 Å². The van der Waals surface area contributed by atoms with Gasteiger partial charge in [-0.1, -0.05) is 0 Å². The highest BCUT2D eigenvalue weighted by atomic mass is 32.2. The number of ether oxygens (including phenoxy) is 1. The third-order valence-corrected chi connectivity index (χ3v) is 4.38. The fourth-order valence-electron chi connectivity index (χ4n) is 2.74. The number of hydrogen-bond acceptors (Lipinski definition) is 4. The molecule has 5 heteroatoms. The molecule has 98 valence electrons. The molecule has 1 amide bonds. The summed E-state index contributed by atoms with van der Waals surface area (Å²) in [5.74, 6) is 0.758. The second-order valence-electron chi connectivity index (χ2n) is 4.89. The summed E-state index contributed by atoms with van der Waals surface area (Å²) in [6.07, 6.45) is 4.91. The molecule has 17 heavy (non-hydrogen) atoms. The summed E-state index contributed by atoms with van der Waals surface area (Å²) in [7, 11) is 0. The van der Waals surface area contributed by atoms with E-state index in [0.29, 0.717) is 5.75 Å². The summed E-state index contributed by atoms with van der Waals surface area (Å²) < 4.78 is 5.81. The number of hydrogen-bond donors (Lipinski definition) is 1. The molecule has 0 unspecified atom stereocenters. The minimum atomic E-state index is -0.367. The van der Waals surface area contributed by atoms with Gasteiger partial charge in [-0.05, 0) is 31.9 Å². The van der Waals surface area contributed by atoms with Gasteiger partial charge >= 0.3 is 0 Å². The van der Waals surface area contributed by atoms with E-state index in [1.54, 1.807) is 11.8 Å². The Hall–Kier alpha value is -0.260. The Bertz CT molecular complexity index is 277. The lowest BCUT2D eigenvalue weighted by Crippen LogP contribution is -2.56. The van der Waals surface area contributed by atoms with Crippen LogP contribution < -0.4 is 0 Å². The summed E-state index contributed by atoms with van der Waals surface area (Å²) in [6, 6.07) is 0. The minimum Gasteiger partial charge on any atom is -0.390 e. The van der Waals surface area contributed by atoms with Crippen molar-refractivity contribution < 1.29 is 14.6 Å². The monoisotopic (exact) mass is 259 g/mol. The normalized spacial score (nSPS) is 28.4. The number of rotatable bonds is 2. The van der Waals surface area contributed by atoms with Crippen LogP contribution in [-0.2, 0) is 9.53 Å². The summed E-state index contributed by atoms with van der Waals surface area (Å²) >= 11 is 1.56. The Morgan fingerprint density at radius 1 is 1.53 bits per heavy atom. The van der Waals surface area contributed by atoms with Gasteiger partial charge in [-0.3, -0.25) is 4.79 Å². The second kappa shape index (κ2) is 5.59. The molecule has 0 aliphatic carbocycles. The van der Waals surface area contributed by atoms with Crippen molar-refractivity contribution in [1.29, 1.82) is 0 Å². The van der Waals surface area contributed by atoms with E-state index in [2.05, 4.69) is 0 Å². The number of nitrogens with zero attached hydrogens (tertiary/aromatic N) is 1. The molecule has 2 aliphatic heterocycles. The van der Waals surface area contributed by atoms with Crippen LogP contribution in [0.4, 0.5) is 0 Å². The van der Waals surface area contributed by atoms with E-state index in [4.69, 9.17) is 4.74 Å². The molecule has 0 aromatic rings. The van der Waals surface area contributed by atoms with Crippen LogP contribution in [0, 0.1) is 0 Å².